The van der Waals surface area contributed by atoms with Gasteiger partial charge < -0.3 is 25.0 Å². The van der Waals surface area contributed by atoms with Crippen LogP contribution in [0.1, 0.15) is 21.8 Å². The molecule has 0 unspecified atom stereocenters. The number of amides is 1. The number of rotatable bonds is 0. The van der Waals surface area contributed by atoms with Crippen molar-refractivity contribution in [2.45, 2.75) is 24.2 Å². The number of aliphatic hydroxyl groups excluding tert-OH is 2. The summed E-state index contributed by atoms with van der Waals surface area (Å²) in [7, 11) is 0. The Kier molecular flexibility index (Phi) is 2.33. The van der Waals surface area contributed by atoms with Crippen molar-refractivity contribution in [1.82, 2.24) is 5.32 Å². The van der Waals surface area contributed by atoms with Gasteiger partial charge in [0.15, 0.2) is 11.5 Å². The van der Waals surface area contributed by atoms with Gasteiger partial charge in [-0.15, -0.1) is 0 Å². The van der Waals surface area contributed by atoms with E-state index in [4.69, 9.17) is 9.47 Å². The molecule has 2 heterocycles. The Morgan fingerprint density at radius 1 is 1.15 bits per heavy atom. The molecule has 3 N–H and O–H groups in total. The van der Waals surface area contributed by atoms with Gasteiger partial charge in [0, 0.05) is 11.5 Å². The molecule has 3 aliphatic rings. The molecule has 1 aliphatic carbocycles. The smallest absolute Gasteiger partial charge is 0.252 e. The number of hydrogen-bond acceptors (Lipinski definition) is 5. The fourth-order valence-electron chi connectivity index (χ4n) is 3.02. The average Bonchev–Trinajstić information content (AvgIpc) is 2.89. The van der Waals surface area contributed by atoms with Gasteiger partial charge in [-0.1, -0.05) is 12.2 Å². The van der Waals surface area contributed by atoms with Crippen molar-refractivity contribution in [1.29, 1.82) is 0 Å². The Balaban J connectivity index is 1.87. The lowest BCUT2D eigenvalue weighted by Gasteiger charge is -2.39. The first-order valence-electron chi connectivity index (χ1n) is 6.44. The van der Waals surface area contributed by atoms with Gasteiger partial charge in [-0.2, -0.15) is 0 Å². The molecule has 20 heavy (non-hydrogen) atoms. The fraction of sp³-hybridized carbons (Fsp3) is 0.357. The number of ether oxygens (including phenoxy) is 2. The van der Waals surface area contributed by atoms with Crippen molar-refractivity contribution in [2.75, 3.05) is 6.79 Å². The molecule has 4 rings (SSSR count). The molecule has 0 aromatic heterocycles. The van der Waals surface area contributed by atoms with Gasteiger partial charge in [0.1, 0.15) is 12.2 Å². The number of benzene rings is 1. The van der Waals surface area contributed by atoms with Gasteiger partial charge in [0.2, 0.25) is 6.79 Å². The van der Waals surface area contributed by atoms with Crippen molar-refractivity contribution in [3.8, 4) is 11.5 Å². The molecule has 6 nitrogen and oxygen atoms in total. The molecule has 1 aromatic carbocycles. The zero-order valence-corrected chi connectivity index (χ0v) is 10.4. The van der Waals surface area contributed by atoms with E-state index in [1.165, 1.54) is 0 Å². The van der Waals surface area contributed by atoms with Crippen LogP contribution in [0.5, 0.6) is 11.5 Å². The second kappa shape index (κ2) is 3.97. The summed E-state index contributed by atoms with van der Waals surface area (Å²) in [6.45, 7) is 0.144. The van der Waals surface area contributed by atoms with Crippen LogP contribution in [0.25, 0.3) is 0 Å². The maximum Gasteiger partial charge on any atom is 0.252 e. The van der Waals surface area contributed by atoms with E-state index >= 15 is 0 Å². The first-order chi connectivity index (χ1) is 9.65. The number of nitrogens with one attached hydrogen (secondary N) is 1. The molecule has 0 saturated heterocycles. The van der Waals surface area contributed by atoms with Crippen LogP contribution >= 0.6 is 0 Å². The number of carbonyl (C=O) groups excluding carboxylic acids is 1. The molecular formula is C14H13NO5. The van der Waals surface area contributed by atoms with E-state index in [-0.39, 0.29) is 18.6 Å². The highest BCUT2D eigenvalue weighted by Crippen LogP contribution is 2.42. The molecule has 0 bridgehead atoms. The van der Waals surface area contributed by atoms with Gasteiger partial charge in [-0.3, -0.25) is 4.79 Å². The monoisotopic (exact) mass is 275 g/mol. The van der Waals surface area contributed by atoms with E-state index in [0.717, 1.165) is 5.56 Å². The third-order valence-electron chi connectivity index (χ3n) is 4.07. The third-order valence-corrected chi connectivity index (χ3v) is 4.07. The first kappa shape index (κ1) is 11.7. The maximum atomic E-state index is 12.2. The Hall–Kier alpha value is -2.05. The van der Waals surface area contributed by atoms with Crippen LogP contribution in [0.15, 0.2) is 24.3 Å². The van der Waals surface area contributed by atoms with Crippen LogP contribution < -0.4 is 14.8 Å². The molecule has 0 radical (unpaired) electrons. The minimum atomic E-state index is -1.02. The molecule has 0 saturated carbocycles. The Bertz CT molecular complexity index is 626. The highest BCUT2D eigenvalue weighted by molar-refractivity contribution is 5.98. The average molecular weight is 275 g/mol. The maximum absolute atomic E-state index is 12.2. The second-order valence-corrected chi connectivity index (χ2v) is 5.18. The zero-order valence-electron chi connectivity index (χ0n) is 10.4. The van der Waals surface area contributed by atoms with Gasteiger partial charge >= 0.3 is 0 Å². The molecule has 2 aliphatic heterocycles. The van der Waals surface area contributed by atoms with Gasteiger partial charge in [0.25, 0.3) is 5.91 Å². The number of hydrogen-bond donors (Lipinski definition) is 3. The Labute approximate surface area is 114 Å². The van der Waals surface area contributed by atoms with Crippen LogP contribution in [0.3, 0.4) is 0 Å². The molecule has 4 atom stereocenters. The number of carbonyl (C=O) groups is 1. The minimum Gasteiger partial charge on any atom is -0.454 e. The van der Waals surface area contributed by atoms with Crippen molar-refractivity contribution in [3.63, 3.8) is 0 Å². The highest BCUT2D eigenvalue weighted by atomic mass is 16.7. The summed E-state index contributed by atoms with van der Waals surface area (Å²) in [5.41, 5.74) is 1.30. The van der Waals surface area contributed by atoms with E-state index < -0.39 is 18.2 Å². The lowest BCUT2D eigenvalue weighted by molar-refractivity contribution is 0.0104. The molecule has 1 amide bonds. The van der Waals surface area contributed by atoms with Crippen molar-refractivity contribution < 1.29 is 24.5 Å². The minimum absolute atomic E-state index is 0.144. The summed E-state index contributed by atoms with van der Waals surface area (Å²) < 4.78 is 10.6. The summed E-state index contributed by atoms with van der Waals surface area (Å²) in [6.07, 6.45) is 1.37. The van der Waals surface area contributed by atoms with Crippen LogP contribution in [0.4, 0.5) is 0 Å². The highest BCUT2D eigenvalue weighted by Gasteiger charge is 2.42. The third kappa shape index (κ3) is 1.49. The Morgan fingerprint density at radius 3 is 2.70 bits per heavy atom. The SMILES string of the molecule is O=C1N[C@H]2[C@H](O)[C@H](O)C=C[C@H]2c2cc3c(cc21)OCO3. The molecule has 6 heteroatoms. The van der Waals surface area contributed by atoms with Crippen LogP contribution in [0.2, 0.25) is 0 Å². The predicted octanol–water partition coefficient (Wildman–Crippen LogP) is -0.0975. The summed E-state index contributed by atoms with van der Waals surface area (Å²) in [5.74, 6) is 0.695. The van der Waals surface area contributed by atoms with E-state index in [0.29, 0.717) is 17.1 Å². The molecule has 0 spiro atoms. The zero-order chi connectivity index (χ0) is 13.9. The largest absolute Gasteiger partial charge is 0.454 e. The van der Waals surface area contributed by atoms with Gasteiger partial charge in [0.05, 0.1) is 6.04 Å². The predicted molar refractivity (Wildman–Crippen MR) is 67.7 cm³/mol. The summed E-state index contributed by atoms with van der Waals surface area (Å²) in [6, 6.07) is 2.91. The van der Waals surface area contributed by atoms with Crippen LogP contribution in [0, 0.1) is 0 Å². The summed E-state index contributed by atoms with van der Waals surface area (Å²) in [4.78, 5) is 12.2. The second-order valence-electron chi connectivity index (χ2n) is 5.18. The van der Waals surface area contributed by atoms with Crippen molar-refractivity contribution >= 4 is 5.91 Å². The van der Waals surface area contributed by atoms with Gasteiger partial charge in [-0.25, -0.2) is 0 Å². The van der Waals surface area contributed by atoms with Crippen LogP contribution in [-0.2, 0) is 0 Å². The lowest BCUT2D eigenvalue weighted by atomic mass is 9.77. The Morgan fingerprint density at radius 2 is 1.90 bits per heavy atom. The van der Waals surface area contributed by atoms with E-state index in [1.807, 2.05) is 6.08 Å². The molecule has 0 fully saturated rings. The molecule has 104 valence electrons. The van der Waals surface area contributed by atoms with Crippen molar-refractivity contribution in [2.24, 2.45) is 0 Å². The molecule has 1 aromatic rings. The molecular weight excluding hydrogens is 262 g/mol. The first-order valence-corrected chi connectivity index (χ1v) is 6.44. The topological polar surface area (TPSA) is 88.0 Å². The van der Waals surface area contributed by atoms with Crippen molar-refractivity contribution in [3.05, 3.63) is 35.4 Å². The fourth-order valence-corrected chi connectivity index (χ4v) is 3.02. The van der Waals surface area contributed by atoms with E-state index in [9.17, 15) is 15.0 Å². The normalized spacial score (nSPS) is 33.4. The lowest BCUT2D eigenvalue weighted by Crippen LogP contribution is -2.55. The summed E-state index contributed by atoms with van der Waals surface area (Å²) >= 11 is 0. The quantitative estimate of drug-likeness (QED) is 0.576. The standard InChI is InChI=1S/C14H13NO5/c16-9-2-1-6-7-3-10-11(20-5-19-10)4-8(7)14(18)15-12(6)13(9)17/h1-4,6,9,12-13,16-17H,5H2,(H,15,18)/t6-,9+,12+,13+/m0/s1. The van der Waals surface area contributed by atoms with Crippen LogP contribution in [-0.4, -0.2) is 41.2 Å². The van der Waals surface area contributed by atoms with Gasteiger partial charge in [-0.05, 0) is 17.7 Å². The summed E-state index contributed by atoms with van der Waals surface area (Å²) in [5, 5.41) is 22.5. The van der Waals surface area contributed by atoms with E-state index in [2.05, 4.69) is 5.32 Å². The van der Waals surface area contributed by atoms with E-state index in [1.54, 1.807) is 18.2 Å². The number of fused-ring (bicyclic) bond motifs is 4. The number of aliphatic hydroxyl groups is 2.